The Bertz CT molecular complexity index is 349. The molecule has 0 aliphatic carbocycles. The molecule has 2 nitrogen and oxygen atoms in total. The average molecular weight is 263 g/mol. The van der Waals surface area contributed by atoms with Crippen LogP contribution in [0.3, 0.4) is 0 Å². The van der Waals surface area contributed by atoms with Gasteiger partial charge in [0, 0.05) is 6.61 Å². The van der Waals surface area contributed by atoms with E-state index >= 15 is 0 Å². The fourth-order valence-electron chi connectivity index (χ4n) is 2.25. The van der Waals surface area contributed by atoms with E-state index in [9.17, 15) is 0 Å². The van der Waals surface area contributed by atoms with Gasteiger partial charge in [0.25, 0.3) is 0 Å². The molecule has 0 fully saturated rings. The van der Waals surface area contributed by atoms with Crippen molar-refractivity contribution in [3.8, 4) is 0 Å². The normalized spacial score (nSPS) is 12.9. The third-order valence-electron chi connectivity index (χ3n) is 3.43. The van der Waals surface area contributed by atoms with Crippen molar-refractivity contribution in [3.63, 3.8) is 0 Å². The molecule has 1 rings (SSSR count). The van der Waals surface area contributed by atoms with Crippen molar-refractivity contribution in [2.24, 2.45) is 5.92 Å². The molecule has 0 heterocycles. The minimum atomic E-state index is 0.332. The van der Waals surface area contributed by atoms with E-state index in [4.69, 9.17) is 4.74 Å². The van der Waals surface area contributed by atoms with Crippen LogP contribution in [0.2, 0.25) is 0 Å². The van der Waals surface area contributed by atoms with E-state index in [1.54, 1.807) is 0 Å². The zero-order valence-electron chi connectivity index (χ0n) is 12.9. The van der Waals surface area contributed by atoms with Gasteiger partial charge in [-0.15, -0.1) is 0 Å². The lowest BCUT2D eigenvalue weighted by molar-refractivity contribution is 0.0683. The molecule has 2 heteroatoms. The summed E-state index contributed by atoms with van der Waals surface area (Å²) in [4.78, 5) is 0. The van der Waals surface area contributed by atoms with Crippen LogP contribution in [0, 0.1) is 12.8 Å². The van der Waals surface area contributed by atoms with E-state index in [-0.39, 0.29) is 0 Å². The molecule has 0 bridgehead atoms. The maximum atomic E-state index is 5.69. The molecular formula is C17H29NO. The third-order valence-corrected chi connectivity index (χ3v) is 3.43. The molecule has 0 saturated heterocycles. The summed E-state index contributed by atoms with van der Waals surface area (Å²) in [7, 11) is 0. The van der Waals surface area contributed by atoms with Gasteiger partial charge < -0.3 is 10.1 Å². The number of rotatable bonds is 9. The van der Waals surface area contributed by atoms with Crippen LogP contribution in [-0.2, 0) is 11.2 Å². The quantitative estimate of drug-likeness (QED) is 0.735. The second-order valence-electron chi connectivity index (χ2n) is 5.51. The summed E-state index contributed by atoms with van der Waals surface area (Å²) in [5, 5.41) is 3.47. The maximum absolute atomic E-state index is 5.69. The van der Waals surface area contributed by atoms with Crippen molar-refractivity contribution in [2.45, 2.75) is 46.6 Å². The number of nitrogens with one attached hydrogen (secondary N) is 1. The highest BCUT2D eigenvalue weighted by Gasteiger charge is 2.11. The lowest BCUT2D eigenvalue weighted by Gasteiger charge is -2.19. The van der Waals surface area contributed by atoms with Gasteiger partial charge in [0.15, 0.2) is 0 Å². The third kappa shape index (κ3) is 6.74. The molecule has 108 valence electrons. The van der Waals surface area contributed by atoms with E-state index < -0.39 is 0 Å². The van der Waals surface area contributed by atoms with Gasteiger partial charge in [0.2, 0.25) is 0 Å². The van der Waals surface area contributed by atoms with Gasteiger partial charge in [-0.2, -0.15) is 0 Å². The van der Waals surface area contributed by atoms with Crippen molar-refractivity contribution < 1.29 is 4.74 Å². The van der Waals surface area contributed by atoms with Gasteiger partial charge in [0.1, 0.15) is 0 Å². The molecule has 1 atom stereocenters. The Labute approximate surface area is 118 Å². The molecule has 1 unspecified atom stereocenters. The van der Waals surface area contributed by atoms with Crippen LogP contribution >= 0.6 is 0 Å². The maximum Gasteiger partial charge on any atom is 0.0518 e. The molecule has 0 radical (unpaired) electrons. The summed E-state index contributed by atoms with van der Waals surface area (Å²) in [5.74, 6) is 0.653. The minimum absolute atomic E-state index is 0.332. The molecule has 0 amide bonds. The van der Waals surface area contributed by atoms with E-state index in [1.165, 1.54) is 11.1 Å². The largest absolute Gasteiger partial charge is 0.379 e. The second kappa shape index (κ2) is 9.11. The van der Waals surface area contributed by atoms with Gasteiger partial charge >= 0.3 is 0 Å². The molecule has 0 saturated carbocycles. The minimum Gasteiger partial charge on any atom is -0.379 e. The summed E-state index contributed by atoms with van der Waals surface area (Å²) < 4.78 is 5.69. The Hall–Kier alpha value is -0.860. The number of ether oxygens (including phenoxy) is 1. The first-order valence-electron chi connectivity index (χ1n) is 7.50. The first kappa shape index (κ1) is 16.2. The molecular weight excluding hydrogens is 234 g/mol. The topological polar surface area (TPSA) is 21.3 Å². The van der Waals surface area contributed by atoms with E-state index in [1.807, 2.05) is 0 Å². The van der Waals surface area contributed by atoms with Gasteiger partial charge in [-0.1, -0.05) is 31.2 Å². The summed E-state index contributed by atoms with van der Waals surface area (Å²) in [6.45, 7) is 11.5. The van der Waals surface area contributed by atoms with Crippen molar-refractivity contribution >= 4 is 0 Å². The van der Waals surface area contributed by atoms with Crippen LogP contribution in [0.1, 0.15) is 38.3 Å². The number of benzene rings is 1. The fraction of sp³-hybridized carbons (Fsp3) is 0.647. The lowest BCUT2D eigenvalue weighted by atomic mass is 9.94. The van der Waals surface area contributed by atoms with Crippen LogP contribution in [-0.4, -0.2) is 25.8 Å². The van der Waals surface area contributed by atoms with Gasteiger partial charge in [-0.3, -0.25) is 0 Å². The Morgan fingerprint density at radius 2 is 1.95 bits per heavy atom. The van der Waals surface area contributed by atoms with Crippen molar-refractivity contribution in [3.05, 3.63) is 35.4 Å². The van der Waals surface area contributed by atoms with Crippen LogP contribution in [0.25, 0.3) is 0 Å². The Morgan fingerprint density at radius 3 is 2.58 bits per heavy atom. The van der Waals surface area contributed by atoms with Crippen molar-refractivity contribution in [1.82, 2.24) is 5.32 Å². The zero-order valence-corrected chi connectivity index (χ0v) is 12.9. The van der Waals surface area contributed by atoms with Crippen LogP contribution in [0.4, 0.5) is 0 Å². The second-order valence-corrected chi connectivity index (χ2v) is 5.51. The SMILES string of the molecule is CCNCC(CCOC(C)C)Cc1ccccc1C. The van der Waals surface area contributed by atoms with Crippen LogP contribution in [0.15, 0.2) is 24.3 Å². The van der Waals surface area contributed by atoms with Crippen LogP contribution < -0.4 is 5.32 Å². The van der Waals surface area contributed by atoms with Crippen molar-refractivity contribution in [1.29, 1.82) is 0 Å². The predicted octanol–water partition coefficient (Wildman–Crippen LogP) is 3.58. The highest BCUT2D eigenvalue weighted by molar-refractivity contribution is 5.25. The molecule has 0 aliphatic rings. The van der Waals surface area contributed by atoms with E-state index in [0.29, 0.717) is 12.0 Å². The Morgan fingerprint density at radius 1 is 1.21 bits per heavy atom. The zero-order chi connectivity index (χ0) is 14.1. The summed E-state index contributed by atoms with van der Waals surface area (Å²) in [6.07, 6.45) is 2.60. The lowest BCUT2D eigenvalue weighted by Crippen LogP contribution is -2.25. The fourth-order valence-corrected chi connectivity index (χ4v) is 2.25. The van der Waals surface area contributed by atoms with Crippen molar-refractivity contribution in [2.75, 3.05) is 19.7 Å². The Kier molecular flexibility index (Phi) is 7.76. The number of aryl methyl sites for hydroxylation is 1. The summed E-state index contributed by atoms with van der Waals surface area (Å²) in [6, 6.07) is 8.69. The first-order chi connectivity index (χ1) is 9.13. The smallest absolute Gasteiger partial charge is 0.0518 e. The number of hydrogen-bond donors (Lipinski definition) is 1. The molecule has 0 aromatic heterocycles. The van der Waals surface area contributed by atoms with Gasteiger partial charge in [-0.05, 0) is 63.7 Å². The highest BCUT2D eigenvalue weighted by atomic mass is 16.5. The molecule has 0 aliphatic heterocycles. The summed E-state index contributed by atoms with van der Waals surface area (Å²) in [5.41, 5.74) is 2.86. The molecule has 19 heavy (non-hydrogen) atoms. The standard InChI is InChI=1S/C17H29NO/c1-5-18-13-16(10-11-19-14(2)3)12-17-9-7-6-8-15(17)4/h6-9,14,16,18H,5,10-13H2,1-4H3. The average Bonchev–Trinajstić information content (AvgIpc) is 2.37. The summed E-state index contributed by atoms with van der Waals surface area (Å²) >= 11 is 0. The van der Waals surface area contributed by atoms with E-state index in [0.717, 1.165) is 32.5 Å². The first-order valence-corrected chi connectivity index (χ1v) is 7.50. The monoisotopic (exact) mass is 263 g/mol. The Balaban J connectivity index is 2.51. The number of hydrogen-bond acceptors (Lipinski definition) is 2. The van der Waals surface area contributed by atoms with Gasteiger partial charge in [-0.25, -0.2) is 0 Å². The predicted molar refractivity (Wildman–Crippen MR) is 82.6 cm³/mol. The van der Waals surface area contributed by atoms with Crippen LogP contribution in [0.5, 0.6) is 0 Å². The molecule has 1 N–H and O–H groups in total. The van der Waals surface area contributed by atoms with E-state index in [2.05, 4.69) is 57.3 Å². The molecule has 1 aromatic carbocycles. The molecule has 1 aromatic rings. The highest BCUT2D eigenvalue weighted by Crippen LogP contribution is 2.16. The van der Waals surface area contributed by atoms with Gasteiger partial charge in [0.05, 0.1) is 6.10 Å². The molecule has 0 spiro atoms.